The molecule has 0 fully saturated rings. The van der Waals surface area contributed by atoms with Crippen molar-refractivity contribution in [1.82, 2.24) is 9.97 Å². The number of non-ortho nitro benzene ring substituents is 1. The molecule has 136 valence electrons. The van der Waals surface area contributed by atoms with E-state index in [0.29, 0.717) is 22.5 Å². The Kier molecular flexibility index (Phi) is 4.51. The van der Waals surface area contributed by atoms with E-state index < -0.39 is 4.92 Å². The number of Topliss-reactive ketones (excluding diaryl/α,β-unsaturated/α-hetero) is 1. The minimum Gasteiger partial charge on any atom is -0.338 e. The van der Waals surface area contributed by atoms with Gasteiger partial charge >= 0.3 is 0 Å². The molecule has 28 heavy (non-hydrogen) atoms. The normalized spacial score (nSPS) is 11.5. The summed E-state index contributed by atoms with van der Waals surface area (Å²) in [4.78, 5) is 31.3. The molecule has 3 aromatic carbocycles. The van der Waals surface area contributed by atoms with Crippen LogP contribution in [0.5, 0.6) is 0 Å². The van der Waals surface area contributed by atoms with Crippen molar-refractivity contribution >= 4 is 34.2 Å². The molecule has 0 radical (unpaired) electrons. The third-order valence-electron chi connectivity index (χ3n) is 4.34. The molecule has 0 aliphatic heterocycles. The lowest BCUT2D eigenvalue weighted by Crippen LogP contribution is -2.04. The van der Waals surface area contributed by atoms with Crippen LogP contribution in [0.15, 0.2) is 78.9 Å². The Labute approximate surface area is 160 Å². The highest BCUT2D eigenvalue weighted by Crippen LogP contribution is 2.24. The number of nitro benzene ring substituents is 1. The lowest BCUT2D eigenvalue weighted by atomic mass is 10.0. The number of nitro groups is 1. The number of benzene rings is 3. The first-order valence-corrected chi connectivity index (χ1v) is 8.63. The van der Waals surface area contributed by atoms with Gasteiger partial charge < -0.3 is 4.98 Å². The van der Waals surface area contributed by atoms with Crippen molar-refractivity contribution in [2.45, 2.75) is 0 Å². The van der Waals surface area contributed by atoms with E-state index in [0.717, 1.165) is 11.0 Å². The molecule has 0 atom stereocenters. The Balaban J connectivity index is 1.83. The zero-order valence-corrected chi connectivity index (χ0v) is 14.7. The molecular weight excluding hydrogens is 354 g/mol. The van der Waals surface area contributed by atoms with Crippen molar-refractivity contribution < 1.29 is 9.72 Å². The third-order valence-corrected chi connectivity index (χ3v) is 4.34. The summed E-state index contributed by atoms with van der Waals surface area (Å²) in [6, 6.07) is 22.5. The number of fused-ring (bicyclic) bond motifs is 1. The van der Waals surface area contributed by atoms with E-state index in [-0.39, 0.29) is 11.5 Å². The number of allylic oxidation sites excluding steroid dienone is 1. The first-order valence-electron chi connectivity index (χ1n) is 8.63. The van der Waals surface area contributed by atoms with Gasteiger partial charge in [-0.25, -0.2) is 4.98 Å². The number of ketones is 1. The van der Waals surface area contributed by atoms with Crippen LogP contribution in [0.2, 0.25) is 0 Å². The van der Waals surface area contributed by atoms with Crippen LogP contribution in [0, 0.1) is 10.1 Å². The standard InChI is InChI=1S/C22H15N3O3/c26-21(16-6-2-1-3-7-16)18(14-15-10-12-17(13-11-15)25(27)28)22-23-19-8-4-5-9-20(19)24-22/h1-14H,(H,23,24). The van der Waals surface area contributed by atoms with E-state index in [4.69, 9.17) is 0 Å². The zero-order valence-electron chi connectivity index (χ0n) is 14.7. The van der Waals surface area contributed by atoms with E-state index >= 15 is 0 Å². The number of H-pyrrole nitrogens is 1. The summed E-state index contributed by atoms with van der Waals surface area (Å²) in [5.74, 6) is 0.270. The van der Waals surface area contributed by atoms with Crippen LogP contribution in [-0.2, 0) is 0 Å². The third kappa shape index (κ3) is 3.43. The van der Waals surface area contributed by atoms with Gasteiger partial charge in [-0.15, -0.1) is 0 Å². The Morgan fingerprint density at radius 3 is 2.29 bits per heavy atom. The predicted molar refractivity (Wildman–Crippen MR) is 108 cm³/mol. The van der Waals surface area contributed by atoms with Gasteiger partial charge in [-0.3, -0.25) is 14.9 Å². The molecular formula is C22H15N3O3. The fraction of sp³-hybridized carbons (Fsp3) is 0. The molecule has 0 saturated heterocycles. The van der Waals surface area contributed by atoms with Crippen LogP contribution in [0.25, 0.3) is 22.7 Å². The number of hydrogen-bond donors (Lipinski definition) is 1. The van der Waals surface area contributed by atoms with E-state index in [2.05, 4.69) is 9.97 Å². The summed E-state index contributed by atoms with van der Waals surface area (Å²) in [6.07, 6.45) is 1.69. The number of carbonyl (C=O) groups is 1. The number of rotatable bonds is 5. The van der Waals surface area contributed by atoms with Crippen LogP contribution in [0.1, 0.15) is 21.7 Å². The van der Waals surface area contributed by atoms with Gasteiger partial charge in [0.2, 0.25) is 0 Å². The minimum atomic E-state index is -0.456. The van der Waals surface area contributed by atoms with Gasteiger partial charge in [-0.05, 0) is 35.9 Å². The number of aromatic nitrogens is 2. The van der Waals surface area contributed by atoms with E-state index in [1.807, 2.05) is 30.3 Å². The Hall–Kier alpha value is -4.06. The minimum absolute atomic E-state index is 0.00294. The number of aromatic amines is 1. The topological polar surface area (TPSA) is 88.9 Å². The molecule has 0 saturated carbocycles. The van der Waals surface area contributed by atoms with E-state index in [1.165, 1.54) is 12.1 Å². The highest BCUT2D eigenvalue weighted by Gasteiger charge is 2.18. The number of nitrogens with one attached hydrogen (secondary N) is 1. The average molecular weight is 369 g/mol. The molecule has 0 bridgehead atoms. The van der Waals surface area contributed by atoms with Crippen molar-refractivity contribution in [3.05, 3.63) is 106 Å². The largest absolute Gasteiger partial charge is 0.338 e. The van der Waals surface area contributed by atoms with Gasteiger partial charge in [0.15, 0.2) is 5.78 Å². The monoisotopic (exact) mass is 369 g/mol. The van der Waals surface area contributed by atoms with Gasteiger partial charge in [0.1, 0.15) is 5.82 Å². The summed E-state index contributed by atoms with van der Waals surface area (Å²) >= 11 is 0. The summed E-state index contributed by atoms with van der Waals surface area (Å²) in [5.41, 5.74) is 3.18. The second-order valence-corrected chi connectivity index (χ2v) is 6.20. The second-order valence-electron chi connectivity index (χ2n) is 6.20. The molecule has 1 aromatic heterocycles. The van der Waals surface area contributed by atoms with Crippen LogP contribution >= 0.6 is 0 Å². The number of imidazole rings is 1. The number of hydrogen-bond acceptors (Lipinski definition) is 4. The van der Waals surface area contributed by atoms with Gasteiger partial charge in [0.05, 0.1) is 21.5 Å². The fourth-order valence-corrected chi connectivity index (χ4v) is 2.93. The van der Waals surface area contributed by atoms with E-state index in [1.54, 1.807) is 42.5 Å². The Bertz CT molecular complexity index is 1160. The maximum atomic E-state index is 13.2. The highest BCUT2D eigenvalue weighted by molar-refractivity contribution is 6.31. The number of carbonyl (C=O) groups excluding carboxylic acids is 1. The fourth-order valence-electron chi connectivity index (χ4n) is 2.93. The van der Waals surface area contributed by atoms with Crippen molar-refractivity contribution in [2.24, 2.45) is 0 Å². The maximum Gasteiger partial charge on any atom is 0.269 e. The van der Waals surface area contributed by atoms with Crippen LogP contribution < -0.4 is 0 Å². The van der Waals surface area contributed by atoms with Crippen molar-refractivity contribution in [3.63, 3.8) is 0 Å². The number of para-hydroxylation sites is 2. The van der Waals surface area contributed by atoms with Crippen molar-refractivity contribution in [1.29, 1.82) is 0 Å². The molecule has 4 aromatic rings. The zero-order chi connectivity index (χ0) is 19.5. The highest BCUT2D eigenvalue weighted by atomic mass is 16.6. The molecule has 6 heteroatoms. The van der Waals surface area contributed by atoms with Crippen LogP contribution in [-0.4, -0.2) is 20.7 Å². The molecule has 0 amide bonds. The molecule has 0 spiro atoms. The maximum absolute atomic E-state index is 13.2. The summed E-state index contributed by atoms with van der Waals surface area (Å²) in [6.45, 7) is 0. The second kappa shape index (κ2) is 7.28. The van der Waals surface area contributed by atoms with Gasteiger partial charge in [0.25, 0.3) is 5.69 Å². The summed E-state index contributed by atoms with van der Waals surface area (Å²) < 4.78 is 0. The Morgan fingerprint density at radius 2 is 1.61 bits per heavy atom. The summed E-state index contributed by atoms with van der Waals surface area (Å²) in [5, 5.41) is 10.9. The van der Waals surface area contributed by atoms with E-state index in [9.17, 15) is 14.9 Å². The summed E-state index contributed by atoms with van der Waals surface area (Å²) in [7, 11) is 0. The van der Waals surface area contributed by atoms with Gasteiger partial charge in [-0.2, -0.15) is 0 Å². The van der Waals surface area contributed by atoms with Gasteiger partial charge in [0, 0.05) is 17.7 Å². The molecule has 1 heterocycles. The number of nitrogens with zero attached hydrogens (tertiary/aromatic N) is 2. The molecule has 4 rings (SSSR count). The van der Waals surface area contributed by atoms with Gasteiger partial charge in [-0.1, -0.05) is 42.5 Å². The molecule has 1 N–H and O–H groups in total. The van der Waals surface area contributed by atoms with Crippen molar-refractivity contribution in [3.8, 4) is 0 Å². The molecule has 0 unspecified atom stereocenters. The lowest BCUT2D eigenvalue weighted by molar-refractivity contribution is -0.384. The average Bonchev–Trinajstić information content (AvgIpc) is 3.16. The Morgan fingerprint density at radius 1 is 0.929 bits per heavy atom. The van der Waals surface area contributed by atoms with Crippen LogP contribution in [0.3, 0.4) is 0 Å². The quantitative estimate of drug-likeness (QED) is 0.235. The molecule has 0 aliphatic carbocycles. The smallest absolute Gasteiger partial charge is 0.269 e. The first kappa shape index (κ1) is 17.4. The molecule has 0 aliphatic rings. The van der Waals surface area contributed by atoms with Crippen LogP contribution in [0.4, 0.5) is 5.69 Å². The molecule has 6 nitrogen and oxygen atoms in total. The lowest BCUT2D eigenvalue weighted by Gasteiger charge is -2.05. The first-order chi connectivity index (χ1) is 13.6. The predicted octanol–water partition coefficient (Wildman–Crippen LogP) is 4.89. The van der Waals surface area contributed by atoms with Crippen molar-refractivity contribution in [2.75, 3.05) is 0 Å². The SMILES string of the molecule is O=C(C(=Cc1ccc([N+](=O)[O-])cc1)c1nc2ccccc2[nH]1)c1ccccc1.